The highest BCUT2D eigenvalue weighted by Crippen LogP contribution is 2.37. The zero-order chi connectivity index (χ0) is 13.2. The van der Waals surface area contributed by atoms with E-state index < -0.39 is 0 Å². The number of hydrogen-bond acceptors (Lipinski definition) is 3. The first-order valence-corrected chi connectivity index (χ1v) is 7.49. The second kappa shape index (κ2) is 5.32. The van der Waals surface area contributed by atoms with E-state index in [2.05, 4.69) is 16.0 Å². The SMILES string of the molecule is CC(=O)c1ccc(N2CCCC2C2CCCC2)cn1. The average Bonchev–Trinajstić information content (AvgIpc) is 3.09. The van der Waals surface area contributed by atoms with Crippen LogP contribution in [0.2, 0.25) is 0 Å². The third-order valence-electron chi connectivity index (χ3n) is 4.68. The van der Waals surface area contributed by atoms with Crippen molar-refractivity contribution in [2.24, 2.45) is 5.92 Å². The topological polar surface area (TPSA) is 33.2 Å². The van der Waals surface area contributed by atoms with Gasteiger partial charge in [0.2, 0.25) is 0 Å². The van der Waals surface area contributed by atoms with Crippen LogP contribution >= 0.6 is 0 Å². The normalized spacial score (nSPS) is 24.1. The molecule has 102 valence electrons. The molecule has 0 bridgehead atoms. The number of Topliss-reactive ketones (excluding diaryl/α,β-unsaturated/α-hetero) is 1. The van der Waals surface area contributed by atoms with Crippen molar-refractivity contribution in [1.29, 1.82) is 0 Å². The Labute approximate surface area is 115 Å². The van der Waals surface area contributed by atoms with Gasteiger partial charge in [-0.1, -0.05) is 12.8 Å². The van der Waals surface area contributed by atoms with Gasteiger partial charge < -0.3 is 4.90 Å². The summed E-state index contributed by atoms with van der Waals surface area (Å²) in [5.74, 6) is 0.912. The van der Waals surface area contributed by atoms with E-state index in [0.717, 1.165) is 12.5 Å². The summed E-state index contributed by atoms with van der Waals surface area (Å²) in [6.07, 6.45) is 10.1. The largest absolute Gasteiger partial charge is 0.367 e. The smallest absolute Gasteiger partial charge is 0.178 e. The number of carbonyl (C=O) groups excluding carboxylic acids is 1. The minimum absolute atomic E-state index is 0.0420. The maximum atomic E-state index is 11.3. The molecule has 2 fully saturated rings. The number of ketones is 1. The second-order valence-corrected chi connectivity index (χ2v) is 5.91. The molecule has 19 heavy (non-hydrogen) atoms. The van der Waals surface area contributed by atoms with Gasteiger partial charge in [0.1, 0.15) is 5.69 Å². The monoisotopic (exact) mass is 258 g/mol. The lowest BCUT2D eigenvalue weighted by Crippen LogP contribution is -2.34. The van der Waals surface area contributed by atoms with Gasteiger partial charge in [-0.05, 0) is 43.7 Å². The van der Waals surface area contributed by atoms with Crippen LogP contribution in [-0.4, -0.2) is 23.4 Å². The molecule has 2 aliphatic rings. The van der Waals surface area contributed by atoms with Crippen LogP contribution in [0.15, 0.2) is 18.3 Å². The lowest BCUT2D eigenvalue weighted by Gasteiger charge is -2.31. The van der Waals surface area contributed by atoms with E-state index in [9.17, 15) is 4.79 Å². The third kappa shape index (κ3) is 2.51. The van der Waals surface area contributed by atoms with E-state index in [4.69, 9.17) is 0 Å². The van der Waals surface area contributed by atoms with Gasteiger partial charge in [0, 0.05) is 19.5 Å². The fourth-order valence-corrected chi connectivity index (χ4v) is 3.71. The van der Waals surface area contributed by atoms with E-state index in [1.807, 2.05) is 12.3 Å². The van der Waals surface area contributed by atoms with Crippen LogP contribution in [0.1, 0.15) is 55.9 Å². The van der Waals surface area contributed by atoms with Crippen molar-refractivity contribution in [1.82, 2.24) is 4.98 Å². The van der Waals surface area contributed by atoms with Crippen molar-refractivity contribution < 1.29 is 4.79 Å². The fraction of sp³-hybridized carbons (Fsp3) is 0.625. The van der Waals surface area contributed by atoms with Crippen LogP contribution in [0, 0.1) is 5.92 Å². The summed E-state index contributed by atoms with van der Waals surface area (Å²) in [6, 6.07) is 4.63. The van der Waals surface area contributed by atoms with Gasteiger partial charge in [-0.15, -0.1) is 0 Å². The van der Waals surface area contributed by atoms with E-state index in [1.54, 1.807) is 6.92 Å². The number of carbonyl (C=O) groups is 1. The molecule has 3 nitrogen and oxygen atoms in total. The van der Waals surface area contributed by atoms with Gasteiger partial charge in [0.15, 0.2) is 5.78 Å². The Morgan fingerprint density at radius 3 is 2.63 bits per heavy atom. The number of rotatable bonds is 3. The van der Waals surface area contributed by atoms with Crippen molar-refractivity contribution >= 4 is 11.5 Å². The highest BCUT2D eigenvalue weighted by molar-refractivity contribution is 5.92. The van der Waals surface area contributed by atoms with Crippen LogP contribution in [0.5, 0.6) is 0 Å². The molecule has 0 amide bonds. The summed E-state index contributed by atoms with van der Waals surface area (Å²) in [6.45, 7) is 2.71. The Balaban J connectivity index is 1.78. The van der Waals surface area contributed by atoms with E-state index in [1.165, 1.54) is 44.2 Å². The van der Waals surface area contributed by atoms with Crippen molar-refractivity contribution in [2.45, 2.75) is 51.5 Å². The Bertz CT molecular complexity index is 448. The molecule has 1 aromatic rings. The first kappa shape index (κ1) is 12.6. The highest BCUT2D eigenvalue weighted by atomic mass is 16.1. The standard InChI is InChI=1S/C16H22N2O/c1-12(19)15-9-8-14(11-17-15)18-10-4-7-16(18)13-5-2-3-6-13/h8-9,11,13,16H,2-7,10H2,1H3. The van der Waals surface area contributed by atoms with Crippen LogP contribution in [0.25, 0.3) is 0 Å². The number of hydrogen-bond donors (Lipinski definition) is 0. The summed E-state index contributed by atoms with van der Waals surface area (Å²) in [7, 11) is 0. The zero-order valence-electron chi connectivity index (χ0n) is 11.6. The molecule has 1 atom stereocenters. The number of pyridine rings is 1. The van der Waals surface area contributed by atoms with E-state index in [-0.39, 0.29) is 5.78 Å². The van der Waals surface area contributed by atoms with Crippen LogP contribution in [0.4, 0.5) is 5.69 Å². The van der Waals surface area contributed by atoms with Crippen molar-refractivity contribution in [3.63, 3.8) is 0 Å². The van der Waals surface area contributed by atoms with Crippen molar-refractivity contribution in [3.05, 3.63) is 24.0 Å². The van der Waals surface area contributed by atoms with Gasteiger partial charge in [0.25, 0.3) is 0 Å². The molecule has 0 radical (unpaired) electrons. The minimum Gasteiger partial charge on any atom is -0.367 e. The summed E-state index contributed by atoms with van der Waals surface area (Å²) in [5.41, 5.74) is 1.76. The molecule has 1 saturated heterocycles. The first-order valence-electron chi connectivity index (χ1n) is 7.49. The molecule has 0 aromatic carbocycles. The molecular formula is C16H22N2O. The molecule has 0 spiro atoms. The number of aromatic nitrogens is 1. The second-order valence-electron chi connectivity index (χ2n) is 5.91. The van der Waals surface area contributed by atoms with Gasteiger partial charge in [0.05, 0.1) is 11.9 Å². The van der Waals surface area contributed by atoms with Gasteiger partial charge in [-0.2, -0.15) is 0 Å². The molecule has 1 unspecified atom stereocenters. The molecule has 0 N–H and O–H groups in total. The van der Waals surface area contributed by atoms with Crippen molar-refractivity contribution in [2.75, 3.05) is 11.4 Å². The summed E-state index contributed by atoms with van der Waals surface area (Å²) >= 11 is 0. The number of anilines is 1. The Morgan fingerprint density at radius 2 is 2.00 bits per heavy atom. The maximum absolute atomic E-state index is 11.3. The van der Waals surface area contributed by atoms with E-state index in [0.29, 0.717) is 11.7 Å². The van der Waals surface area contributed by atoms with Gasteiger partial charge >= 0.3 is 0 Å². The summed E-state index contributed by atoms with van der Waals surface area (Å²) < 4.78 is 0. The third-order valence-corrected chi connectivity index (χ3v) is 4.68. The quantitative estimate of drug-likeness (QED) is 0.779. The molecule has 1 aromatic heterocycles. The highest BCUT2D eigenvalue weighted by Gasteiger charge is 2.33. The molecule has 1 saturated carbocycles. The van der Waals surface area contributed by atoms with Crippen molar-refractivity contribution in [3.8, 4) is 0 Å². The molecule has 1 aliphatic carbocycles. The lowest BCUT2D eigenvalue weighted by molar-refractivity contribution is 0.101. The minimum atomic E-state index is 0.0420. The maximum Gasteiger partial charge on any atom is 0.178 e. The predicted octanol–water partition coefficient (Wildman–Crippen LogP) is 3.44. The molecular weight excluding hydrogens is 236 g/mol. The van der Waals surface area contributed by atoms with Crippen LogP contribution < -0.4 is 4.90 Å². The average molecular weight is 258 g/mol. The molecule has 3 heteroatoms. The van der Waals surface area contributed by atoms with Gasteiger partial charge in [-0.3, -0.25) is 9.78 Å². The predicted molar refractivity (Wildman–Crippen MR) is 76.6 cm³/mol. The van der Waals surface area contributed by atoms with E-state index >= 15 is 0 Å². The van der Waals surface area contributed by atoms with Crippen LogP contribution in [0.3, 0.4) is 0 Å². The van der Waals surface area contributed by atoms with Gasteiger partial charge in [-0.25, -0.2) is 0 Å². The number of nitrogens with zero attached hydrogens (tertiary/aromatic N) is 2. The summed E-state index contributed by atoms with van der Waals surface area (Å²) in [5, 5.41) is 0. The Hall–Kier alpha value is -1.38. The Kier molecular flexibility index (Phi) is 3.54. The summed E-state index contributed by atoms with van der Waals surface area (Å²) in [4.78, 5) is 18.1. The molecule has 3 rings (SSSR count). The van der Waals surface area contributed by atoms with Crippen LogP contribution in [-0.2, 0) is 0 Å². The fourth-order valence-electron chi connectivity index (χ4n) is 3.71. The lowest BCUT2D eigenvalue weighted by atomic mass is 9.96. The molecule has 2 heterocycles. The zero-order valence-corrected chi connectivity index (χ0v) is 11.6. The Morgan fingerprint density at radius 1 is 1.21 bits per heavy atom. The first-order chi connectivity index (χ1) is 9.25. The molecule has 1 aliphatic heterocycles.